The van der Waals surface area contributed by atoms with Crippen LogP contribution in [-0.2, 0) is 9.53 Å². The smallest absolute Gasteiger partial charge is 0.226 e. The average Bonchev–Trinajstić information content (AvgIpc) is 2.23. The minimum absolute atomic E-state index is 0.0758. The van der Waals surface area contributed by atoms with Crippen LogP contribution in [0.15, 0.2) is 18.2 Å². The molecule has 0 saturated heterocycles. The van der Waals surface area contributed by atoms with E-state index in [9.17, 15) is 9.18 Å². The molecule has 0 atom stereocenters. The zero-order valence-corrected chi connectivity index (χ0v) is 10.00. The highest BCUT2D eigenvalue weighted by Gasteiger charge is 2.07. The van der Waals surface area contributed by atoms with E-state index in [0.29, 0.717) is 12.3 Å². The number of nitrogens with one attached hydrogen (secondary N) is 1. The molecular weight excluding hydrogens is 223 g/mol. The Morgan fingerprint density at radius 2 is 2.24 bits per heavy atom. The Bertz CT molecular complexity index is 394. The van der Waals surface area contributed by atoms with Crippen molar-refractivity contribution in [1.82, 2.24) is 0 Å². The maximum atomic E-state index is 13.3. The van der Waals surface area contributed by atoms with Gasteiger partial charge in [0.1, 0.15) is 5.82 Å². The standard InChI is InChI=1S/C12H17FN2O2/c1-8(2)17-6-5-12(16)15-11-7-9(14)3-4-10(11)13/h3-4,7-8H,5-6,14H2,1-2H3,(H,15,16). The summed E-state index contributed by atoms with van der Waals surface area (Å²) in [4.78, 5) is 11.5. The van der Waals surface area contributed by atoms with Crippen molar-refractivity contribution < 1.29 is 13.9 Å². The molecule has 1 aromatic rings. The highest BCUT2D eigenvalue weighted by molar-refractivity contribution is 5.91. The van der Waals surface area contributed by atoms with Crippen molar-refractivity contribution in [2.45, 2.75) is 26.4 Å². The SMILES string of the molecule is CC(C)OCCC(=O)Nc1cc(N)ccc1F. The van der Waals surface area contributed by atoms with Gasteiger partial charge in [-0.15, -0.1) is 0 Å². The molecule has 17 heavy (non-hydrogen) atoms. The van der Waals surface area contributed by atoms with E-state index >= 15 is 0 Å². The van der Waals surface area contributed by atoms with Gasteiger partial charge >= 0.3 is 0 Å². The number of carbonyl (C=O) groups is 1. The van der Waals surface area contributed by atoms with Gasteiger partial charge in [0.05, 0.1) is 24.8 Å². The highest BCUT2D eigenvalue weighted by Crippen LogP contribution is 2.17. The van der Waals surface area contributed by atoms with E-state index in [0.717, 1.165) is 0 Å². The molecule has 0 spiro atoms. The van der Waals surface area contributed by atoms with Gasteiger partial charge in [-0.2, -0.15) is 0 Å². The molecule has 1 aromatic carbocycles. The fourth-order valence-corrected chi connectivity index (χ4v) is 1.24. The summed E-state index contributed by atoms with van der Waals surface area (Å²) in [5.74, 6) is -0.799. The summed E-state index contributed by atoms with van der Waals surface area (Å²) >= 11 is 0. The lowest BCUT2D eigenvalue weighted by atomic mass is 10.2. The topological polar surface area (TPSA) is 64.3 Å². The van der Waals surface area contributed by atoms with E-state index in [-0.39, 0.29) is 24.1 Å². The predicted octanol–water partition coefficient (Wildman–Crippen LogP) is 2.16. The molecule has 0 aliphatic carbocycles. The van der Waals surface area contributed by atoms with Crippen LogP contribution in [0.25, 0.3) is 0 Å². The number of hydrogen-bond donors (Lipinski definition) is 2. The molecule has 1 amide bonds. The van der Waals surface area contributed by atoms with E-state index < -0.39 is 5.82 Å². The maximum Gasteiger partial charge on any atom is 0.226 e. The third-order valence-corrected chi connectivity index (χ3v) is 2.04. The molecular formula is C12H17FN2O2. The number of halogens is 1. The molecule has 0 aliphatic rings. The van der Waals surface area contributed by atoms with Crippen molar-refractivity contribution in [3.8, 4) is 0 Å². The Hall–Kier alpha value is -1.62. The third kappa shape index (κ3) is 4.82. The monoisotopic (exact) mass is 240 g/mol. The Morgan fingerprint density at radius 1 is 1.53 bits per heavy atom. The number of benzene rings is 1. The van der Waals surface area contributed by atoms with Crippen LogP contribution in [0.1, 0.15) is 20.3 Å². The van der Waals surface area contributed by atoms with Crippen molar-refractivity contribution in [2.75, 3.05) is 17.7 Å². The first-order chi connectivity index (χ1) is 7.99. The quantitative estimate of drug-likeness (QED) is 0.775. The van der Waals surface area contributed by atoms with Gasteiger partial charge in [-0.05, 0) is 32.0 Å². The minimum atomic E-state index is -0.502. The molecule has 0 aromatic heterocycles. The van der Waals surface area contributed by atoms with Gasteiger partial charge in [-0.3, -0.25) is 4.79 Å². The third-order valence-electron chi connectivity index (χ3n) is 2.04. The van der Waals surface area contributed by atoms with Crippen molar-refractivity contribution in [2.24, 2.45) is 0 Å². The molecule has 1 rings (SSSR count). The molecule has 0 heterocycles. The second-order valence-corrected chi connectivity index (χ2v) is 3.96. The van der Waals surface area contributed by atoms with Gasteiger partial charge in [0, 0.05) is 5.69 Å². The van der Waals surface area contributed by atoms with Crippen LogP contribution in [0.5, 0.6) is 0 Å². The Labute approximate surface area is 100.0 Å². The van der Waals surface area contributed by atoms with E-state index in [1.54, 1.807) is 0 Å². The Kier molecular flexibility index (Phi) is 4.90. The summed E-state index contributed by atoms with van der Waals surface area (Å²) in [5.41, 5.74) is 6.00. The lowest BCUT2D eigenvalue weighted by Crippen LogP contribution is -2.16. The minimum Gasteiger partial charge on any atom is -0.399 e. The number of nitrogens with two attached hydrogens (primary N) is 1. The van der Waals surface area contributed by atoms with E-state index in [1.807, 2.05) is 13.8 Å². The number of amides is 1. The van der Waals surface area contributed by atoms with Crippen LogP contribution >= 0.6 is 0 Å². The summed E-state index contributed by atoms with van der Waals surface area (Å²) < 4.78 is 18.5. The van der Waals surface area contributed by atoms with Crippen molar-refractivity contribution in [3.05, 3.63) is 24.0 Å². The number of nitrogen functional groups attached to an aromatic ring is 1. The van der Waals surface area contributed by atoms with Gasteiger partial charge in [0.15, 0.2) is 0 Å². The first-order valence-electron chi connectivity index (χ1n) is 5.45. The zero-order chi connectivity index (χ0) is 12.8. The second-order valence-electron chi connectivity index (χ2n) is 3.96. The van der Waals surface area contributed by atoms with Crippen molar-refractivity contribution in [3.63, 3.8) is 0 Å². The molecule has 3 N–H and O–H groups in total. The van der Waals surface area contributed by atoms with Crippen LogP contribution < -0.4 is 11.1 Å². The van der Waals surface area contributed by atoms with E-state index in [2.05, 4.69) is 5.32 Å². The Morgan fingerprint density at radius 3 is 2.88 bits per heavy atom. The summed E-state index contributed by atoms with van der Waals surface area (Å²) in [6.45, 7) is 4.08. The van der Waals surface area contributed by atoms with Crippen LogP contribution in [0, 0.1) is 5.82 Å². The van der Waals surface area contributed by atoms with E-state index in [4.69, 9.17) is 10.5 Å². The molecule has 0 radical (unpaired) electrons. The average molecular weight is 240 g/mol. The molecule has 0 bridgehead atoms. The largest absolute Gasteiger partial charge is 0.399 e. The number of hydrogen-bond acceptors (Lipinski definition) is 3. The first-order valence-corrected chi connectivity index (χ1v) is 5.45. The van der Waals surface area contributed by atoms with Crippen LogP contribution in [0.4, 0.5) is 15.8 Å². The molecule has 4 nitrogen and oxygen atoms in total. The van der Waals surface area contributed by atoms with Gasteiger partial charge in [0.2, 0.25) is 5.91 Å². The van der Waals surface area contributed by atoms with Crippen LogP contribution in [0.3, 0.4) is 0 Å². The normalized spacial score (nSPS) is 10.6. The number of rotatable bonds is 5. The number of ether oxygens (including phenoxy) is 1. The van der Waals surface area contributed by atoms with Crippen LogP contribution in [-0.4, -0.2) is 18.6 Å². The summed E-state index contributed by atoms with van der Waals surface area (Å²) in [5, 5.41) is 2.45. The van der Waals surface area contributed by atoms with Crippen molar-refractivity contribution >= 4 is 17.3 Å². The van der Waals surface area contributed by atoms with Gasteiger partial charge in [0.25, 0.3) is 0 Å². The first kappa shape index (κ1) is 13.4. The number of anilines is 2. The Balaban J connectivity index is 2.47. The van der Waals surface area contributed by atoms with Gasteiger partial charge < -0.3 is 15.8 Å². The summed E-state index contributed by atoms with van der Waals surface area (Å²) in [7, 11) is 0. The summed E-state index contributed by atoms with van der Waals surface area (Å²) in [6, 6.07) is 4.04. The summed E-state index contributed by atoms with van der Waals surface area (Å²) in [6.07, 6.45) is 0.263. The predicted molar refractivity (Wildman–Crippen MR) is 65.1 cm³/mol. The fraction of sp³-hybridized carbons (Fsp3) is 0.417. The second kappa shape index (κ2) is 6.20. The molecule has 94 valence electrons. The molecule has 0 unspecified atom stereocenters. The molecule has 5 heteroatoms. The fourth-order valence-electron chi connectivity index (χ4n) is 1.24. The highest BCUT2D eigenvalue weighted by atomic mass is 19.1. The molecule has 0 fully saturated rings. The molecule has 0 saturated carbocycles. The van der Waals surface area contributed by atoms with Crippen molar-refractivity contribution in [1.29, 1.82) is 0 Å². The van der Waals surface area contributed by atoms with Crippen LogP contribution in [0.2, 0.25) is 0 Å². The number of carbonyl (C=O) groups excluding carboxylic acids is 1. The zero-order valence-electron chi connectivity index (χ0n) is 10.00. The lowest BCUT2D eigenvalue weighted by Gasteiger charge is -2.09. The van der Waals surface area contributed by atoms with Gasteiger partial charge in [-0.1, -0.05) is 0 Å². The van der Waals surface area contributed by atoms with E-state index in [1.165, 1.54) is 18.2 Å². The molecule has 0 aliphatic heterocycles. The maximum absolute atomic E-state index is 13.3. The van der Waals surface area contributed by atoms with Gasteiger partial charge in [-0.25, -0.2) is 4.39 Å². The lowest BCUT2D eigenvalue weighted by molar-refractivity contribution is -0.117.